The lowest BCUT2D eigenvalue weighted by atomic mass is 10.0. The van der Waals surface area contributed by atoms with Gasteiger partial charge in [-0.2, -0.15) is 0 Å². The Kier molecular flexibility index (Phi) is 5.99. The Morgan fingerprint density at radius 2 is 2.19 bits per heavy atom. The van der Waals surface area contributed by atoms with Gasteiger partial charge in [0.25, 0.3) is 0 Å². The van der Waals surface area contributed by atoms with Crippen LogP contribution in [0.4, 0.5) is 4.39 Å². The van der Waals surface area contributed by atoms with Gasteiger partial charge in [0, 0.05) is 31.6 Å². The molecule has 0 saturated carbocycles. The molecule has 0 aliphatic carbocycles. The molecule has 1 fully saturated rings. The first-order valence-electron chi connectivity index (χ1n) is 7.52. The molecule has 0 unspecified atom stereocenters. The third-order valence-electron chi connectivity index (χ3n) is 3.86. The van der Waals surface area contributed by atoms with E-state index in [-0.39, 0.29) is 11.7 Å². The number of amides is 1. The maximum absolute atomic E-state index is 13.0. The van der Waals surface area contributed by atoms with Crippen molar-refractivity contribution < 1.29 is 13.9 Å². The first-order chi connectivity index (χ1) is 10.2. The minimum atomic E-state index is -0.309. The van der Waals surface area contributed by atoms with Gasteiger partial charge < -0.3 is 15.0 Å². The molecule has 1 aliphatic heterocycles. The smallest absolute Gasteiger partial charge is 0.222 e. The van der Waals surface area contributed by atoms with Crippen LogP contribution < -0.4 is 10.1 Å². The Morgan fingerprint density at radius 1 is 1.43 bits per heavy atom. The Balaban J connectivity index is 1.63. The Bertz CT molecular complexity index is 459. The summed E-state index contributed by atoms with van der Waals surface area (Å²) in [6.07, 6.45) is 3.17. The average Bonchev–Trinajstić information content (AvgIpc) is 2.51. The lowest BCUT2D eigenvalue weighted by Crippen LogP contribution is -2.43. The molecule has 21 heavy (non-hydrogen) atoms. The highest BCUT2D eigenvalue weighted by Gasteiger charge is 2.21. The number of likely N-dealkylation sites (tertiary alicyclic amines) is 1. The van der Waals surface area contributed by atoms with Gasteiger partial charge in [-0.1, -0.05) is 6.07 Å². The van der Waals surface area contributed by atoms with Crippen LogP contribution in [0.25, 0.3) is 0 Å². The second kappa shape index (κ2) is 7.98. The fourth-order valence-electron chi connectivity index (χ4n) is 2.55. The summed E-state index contributed by atoms with van der Waals surface area (Å²) < 4.78 is 18.4. The molecule has 0 spiro atoms. The molecule has 0 atom stereocenters. The molecule has 1 heterocycles. The molecular formula is C16H23FN2O2. The number of carbonyl (C=O) groups is 1. The highest BCUT2D eigenvalue weighted by atomic mass is 19.1. The van der Waals surface area contributed by atoms with Gasteiger partial charge >= 0.3 is 0 Å². The maximum atomic E-state index is 13.0. The molecule has 1 aliphatic rings. The molecule has 5 heteroatoms. The summed E-state index contributed by atoms with van der Waals surface area (Å²) in [6.45, 7) is 2.09. The topological polar surface area (TPSA) is 41.6 Å². The molecule has 2 rings (SSSR count). The summed E-state index contributed by atoms with van der Waals surface area (Å²) in [5.74, 6) is 0.389. The highest BCUT2D eigenvalue weighted by Crippen LogP contribution is 2.14. The number of hydrogen-bond acceptors (Lipinski definition) is 3. The van der Waals surface area contributed by atoms with Gasteiger partial charge in [0.15, 0.2) is 0 Å². The first kappa shape index (κ1) is 15.8. The third kappa shape index (κ3) is 5.01. The SMILES string of the molecule is CNC1CCN(C(=O)CCCOc2cccc(F)c2)CC1. The van der Waals surface area contributed by atoms with Crippen LogP contribution in [-0.2, 0) is 4.79 Å². The summed E-state index contributed by atoms with van der Waals surface area (Å²) in [4.78, 5) is 14.0. The molecular weight excluding hydrogens is 271 g/mol. The van der Waals surface area contributed by atoms with E-state index in [4.69, 9.17) is 4.74 Å². The van der Waals surface area contributed by atoms with Crippen molar-refractivity contribution in [3.63, 3.8) is 0 Å². The molecule has 1 N–H and O–H groups in total. The van der Waals surface area contributed by atoms with E-state index in [1.807, 2.05) is 11.9 Å². The van der Waals surface area contributed by atoms with Crippen LogP contribution in [0.15, 0.2) is 24.3 Å². The summed E-state index contributed by atoms with van der Waals surface area (Å²) in [6, 6.07) is 6.59. The van der Waals surface area contributed by atoms with E-state index in [1.54, 1.807) is 12.1 Å². The number of nitrogens with one attached hydrogen (secondary N) is 1. The zero-order valence-corrected chi connectivity index (χ0v) is 12.5. The van der Waals surface area contributed by atoms with Crippen LogP contribution in [-0.4, -0.2) is 43.6 Å². The van der Waals surface area contributed by atoms with E-state index in [2.05, 4.69) is 5.32 Å². The zero-order valence-electron chi connectivity index (χ0n) is 12.5. The van der Waals surface area contributed by atoms with Crippen LogP contribution >= 0.6 is 0 Å². The van der Waals surface area contributed by atoms with Gasteiger partial charge in [-0.3, -0.25) is 4.79 Å². The van der Waals surface area contributed by atoms with Crippen molar-refractivity contribution in [3.05, 3.63) is 30.1 Å². The third-order valence-corrected chi connectivity index (χ3v) is 3.86. The Labute approximate surface area is 125 Å². The molecule has 0 bridgehead atoms. The molecule has 1 amide bonds. The molecule has 116 valence electrons. The number of ether oxygens (including phenoxy) is 1. The van der Waals surface area contributed by atoms with Gasteiger partial charge in [0.05, 0.1) is 6.61 Å². The number of rotatable bonds is 6. The minimum Gasteiger partial charge on any atom is -0.493 e. The fourth-order valence-corrected chi connectivity index (χ4v) is 2.55. The number of piperidine rings is 1. The quantitative estimate of drug-likeness (QED) is 0.818. The van der Waals surface area contributed by atoms with Gasteiger partial charge in [-0.25, -0.2) is 4.39 Å². The number of carbonyl (C=O) groups excluding carboxylic acids is 1. The lowest BCUT2D eigenvalue weighted by Gasteiger charge is -2.31. The molecule has 0 radical (unpaired) electrons. The molecule has 1 aromatic carbocycles. The predicted octanol–water partition coefficient (Wildman–Crippen LogP) is 2.20. The minimum absolute atomic E-state index is 0.187. The number of hydrogen-bond donors (Lipinski definition) is 1. The Hall–Kier alpha value is -1.62. The van der Waals surface area contributed by atoms with E-state index in [0.29, 0.717) is 31.2 Å². The van der Waals surface area contributed by atoms with Gasteiger partial charge in [-0.15, -0.1) is 0 Å². The number of benzene rings is 1. The zero-order chi connectivity index (χ0) is 15.1. The van der Waals surface area contributed by atoms with Crippen LogP contribution in [0.1, 0.15) is 25.7 Å². The summed E-state index contributed by atoms with van der Waals surface area (Å²) >= 11 is 0. The van der Waals surface area contributed by atoms with E-state index in [1.165, 1.54) is 12.1 Å². The monoisotopic (exact) mass is 294 g/mol. The molecule has 4 nitrogen and oxygen atoms in total. The Morgan fingerprint density at radius 3 is 2.86 bits per heavy atom. The second-order valence-corrected chi connectivity index (χ2v) is 5.35. The predicted molar refractivity (Wildman–Crippen MR) is 79.8 cm³/mol. The van der Waals surface area contributed by atoms with Crippen LogP contribution in [0, 0.1) is 5.82 Å². The van der Waals surface area contributed by atoms with Crippen molar-refractivity contribution >= 4 is 5.91 Å². The first-order valence-corrected chi connectivity index (χ1v) is 7.52. The number of halogens is 1. The highest BCUT2D eigenvalue weighted by molar-refractivity contribution is 5.76. The second-order valence-electron chi connectivity index (χ2n) is 5.35. The van der Waals surface area contributed by atoms with Crippen LogP contribution in [0.5, 0.6) is 5.75 Å². The molecule has 1 aromatic rings. The van der Waals surface area contributed by atoms with E-state index >= 15 is 0 Å². The van der Waals surface area contributed by atoms with E-state index < -0.39 is 0 Å². The lowest BCUT2D eigenvalue weighted by molar-refractivity contribution is -0.132. The summed E-state index contributed by atoms with van der Waals surface area (Å²) in [5.41, 5.74) is 0. The van der Waals surface area contributed by atoms with Crippen LogP contribution in [0.2, 0.25) is 0 Å². The maximum Gasteiger partial charge on any atom is 0.222 e. The van der Waals surface area contributed by atoms with E-state index in [9.17, 15) is 9.18 Å². The molecule has 1 saturated heterocycles. The summed E-state index contributed by atoms with van der Waals surface area (Å²) in [5, 5.41) is 3.25. The standard InChI is InChI=1S/C16H23FN2O2/c1-18-14-7-9-19(10-8-14)16(20)6-3-11-21-15-5-2-4-13(17)12-15/h2,4-5,12,14,18H,3,6-11H2,1H3. The largest absolute Gasteiger partial charge is 0.493 e. The van der Waals surface area contributed by atoms with Crippen LogP contribution in [0.3, 0.4) is 0 Å². The van der Waals surface area contributed by atoms with Crippen molar-refractivity contribution in [1.29, 1.82) is 0 Å². The summed E-state index contributed by atoms with van der Waals surface area (Å²) in [7, 11) is 1.96. The van der Waals surface area contributed by atoms with Crippen molar-refractivity contribution in [2.75, 3.05) is 26.7 Å². The molecule has 0 aromatic heterocycles. The average molecular weight is 294 g/mol. The van der Waals surface area contributed by atoms with Crippen molar-refractivity contribution in [2.24, 2.45) is 0 Å². The van der Waals surface area contributed by atoms with Gasteiger partial charge in [-0.05, 0) is 38.4 Å². The van der Waals surface area contributed by atoms with Crippen molar-refractivity contribution in [3.8, 4) is 5.75 Å². The fraction of sp³-hybridized carbons (Fsp3) is 0.562. The van der Waals surface area contributed by atoms with E-state index in [0.717, 1.165) is 25.9 Å². The normalized spacial score (nSPS) is 16.0. The van der Waals surface area contributed by atoms with Crippen molar-refractivity contribution in [2.45, 2.75) is 31.7 Å². The number of nitrogens with zero attached hydrogens (tertiary/aromatic N) is 1. The van der Waals surface area contributed by atoms with Gasteiger partial charge in [0.1, 0.15) is 11.6 Å². The van der Waals surface area contributed by atoms with Crippen molar-refractivity contribution in [1.82, 2.24) is 10.2 Å². The van der Waals surface area contributed by atoms with Gasteiger partial charge in [0.2, 0.25) is 5.91 Å².